The number of hydrogen-bond acceptors (Lipinski definition) is 4. The molecule has 0 bridgehead atoms. The number of nitrogens with one attached hydrogen (secondary N) is 1. The van der Waals surface area contributed by atoms with Gasteiger partial charge in [-0.05, 0) is 45.0 Å². The second kappa shape index (κ2) is 7.75. The lowest BCUT2D eigenvalue weighted by Gasteiger charge is -2.31. The summed E-state index contributed by atoms with van der Waals surface area (Å²) in [6.07, 6.45) is -3.12. The lowest BCUT2D eigenvalue weighted by molar-refractivity contribution is -0.137. The average Bonchev–Trinajstić information content (AvgIpc) is 2.67. The molecule has 9 heteroatoms. The van der Waals surface area contributed by atoms with Crippen molar-refractivity contribution in [2.24, 2.45) is 0 Å². The van der Waals surface area contributed by atoms with Crippen LogP contribution in [0.5, 0.6) is 0 Å². The quantitative estimate of drug-likeness (QED) is 0.868. The van der Waals surface area contributed by atoms with E-state index in [1.807, 2.05) is 0 Å². The first-order valence-corrected chi connectivity index (χ1v) is 8.95. The number of aryl methyl sites for hydroxylation is 1. The molecule has 1 N–H and O–H groups in total. The summed E-state index contributed by atoms with van der Waals surface area (Å²) in [5, 5.41) is 7.22. The normalized spacial score (nSPS) is 15.5. The molecule has 0 radical (unpaired) electrons. The van der Waals surface area contributed by atoms with E-state index in [1.54, 1.807) is 7.05 Å². The van der Waals surface area contributed by atoms with Crippen molar-refractivity contribution in [3.8, 4) is 5.69 Å². The molecular weight excluding hydrogens is 373 g/mol. The number of hydrogen-bond donors (Lipinski definition) is 1. The number of benzene rings is 1. The van der Waals surface area contributed by atoms with Gasteiger partial charge < -0.3 is 10.2 Å². The first-order valence-electron chi connectivity index (χ1n) is 8.95. The SMILES string of the molecule is Cc1cc(=O)c(C(=O)N(C)C2CCNCC2)nn1-c1ccccc1C(F)(F)F. The Balaban J connectivity index is 2.05. The van der Waals surface area contributed by atoms with Crippen LogP contribution in [0.1, 0.15) is 34.6 Å². The van der Waals surface area contributed by atoms with Crippen LogP contribution in [-0.2, 0) is 6.18 Å². The Hall–Kier alpha value is -2.68. The minimum atomic E-state index is -4.59. The highest BCUT2D eigenvalue weighted by atomic mass is 19.4. The van der Waals surface area contributed by atoms with E-state index in [0.29, 0.717) is 0 Å². The van der Waals surface area contributed by atoms with Crippen LogP contribution >= 0.6 is 0 Å². The van der Waals surface area contributed by atoms with Gasteiger partial charge in [-0.2, -0.15) is 18.3 Å². The summed E-state index contributed by atoms with van der Waals surface area (Å²) >= 11 is 0. The van der Waals surface area contributed by atoms with E-state index < -0.39 is 23.1 Å². The number of nitrogens with zero attached hydrogens (tertiary/aromatic N) is 3. The average molecular weight is 394 g/mol. The maximum atomic E-state index is 13.4. The third-order valence-corrected chi connectivity index (χ3v) is 4.92. The Kier molecular flexibility index (Phi) is 5.55. The minimum Gasteiger partial charge on any atom is -0.337 e. The summed E-state index contributed by atoms with van der Waals surface area (Å²) in [5.74, 6) is -0.588. The molecule has 1 saturated heterocycles. The highest BCUT2D eigenvalue weighted by molar-refractivity contribution is 5.92. The van der Waals surface area contributed by atoms with Gasteiger partial charge in [-0.15, -0.1) is 0 Å². The molecule has 0 spiro atoms. The smallest absolute Gasteiger partial charge is 0.337 e. The summed E-state index contributed by atoms with van der Waals surface area (Å²) in [5.41, 5.74) is -1.90. The van der Waals surface area contributed by atoms with Gasteiger partial charge >= 0.3 is 6.18 Å². The van der Waals surface area contributed by atoms with Crippen molar-refractivity contribution in [2.75, 3.05) is 20.1 Å². The van der Waals surface area contributed by atoms with E-state index in [0.717, 1.165) is 42.7 Å². The highest BCUT2D eigenvalue weighted by Gasteiger charge is 2.34. The van der Waals surface area contributed by atoms with Crippen LogP contribution < -0.4 is 10.7 Å². The molecule has 0 unspecified atom stereocenters. The number of amides is 1. The topological polar surface area (TPSA) is 67.2 Å². The second-order valence-corrected chi connectivity index (χ2v) is 6.82. The molecule has 2 aromatic rings. The Morgan fingerprint density at radius 1 is 1.25 bits per heavy atom. The van der Waals surface area contributed by atoms with Gasteiger partial charge in [0, 0.05) is 24.8 Å². The van der Waals surface area contributed by atoms with Crippen LogP contribution in [0.4, 0.5) is 13.2 Å². The summed E-state index contributed by atoms with van der Waals surface area (Å²) in [4.78, 5) is 26.7. The van der Waals surface area contributed by atoms with E-state index in [-0.39, 0.29) is 23.1 Å². The molecule has 0 saturated carbocycles. The predicted octanol–water partition coefficient (Wildman–Crippen LogP) is 2.38. The highest BCUT2D eigenvalue weighted by Crippen LogP contribution is 2.33. The maximum absolute atomic E-state index is 13.4. The molecule has 6 nitrogen and oxygen atoms in total. The summed E-state index contributed by atoms with van der Waals surface area (Å²) < 4.78 is 41.2. The minimum absolute atomic E-state index is 0.0489. The Bertz CT molecular complexity index is 934. The number of aromatic nitrogens is 2. The van der Waals surface area contributed by atoms with Gasteiger partial charge in [0.25, 0.3) is 5.91 Å². The largest absolute Gasteiger partial charge is 0.418 e. The third-order valence-electron chi connectivity index (χ3n) is 4.92. The fraction of sp³-hybridized carbons (Fsp3) is 0.421. The molecule has 1 amide bonds. The fourth-order valence-corrected chi connectivity index (χ4v) is 3.36. The summed E-state index contributed by atoms with van der Waals surface area (Å²) in [6.45, 7) is 2.99. The van der Waals surface area contributed by atoms with Gasteiger partial charge in [0.05, 0.1) is 11.3 Å². The predicted molar refractivity (Wildman–Crippen MR) is 97.6 cm³/mol. The van der Waals surface area contributed by atoms with Gasteiger partial charge in [-0.25, -0.2) is 4.68 Å². The molecule has 2 heterocycles. The van der Waals surface area contributed by atoms with Gasteiger partial charge in [0.1, 0.15) is 0 Å². The van der Waals surface area contributed by atoms with Gasteiger partial charge in [0.15, 0.2) is 5.69 Å². The van der Waals surface area contributed by atoms with Crippen LogP contribution in [0.25, 0.3) is 5.69 Å². The van der Waals surface area contributed by atoms with E-state index in [9.17, 15) is 22.8 Å². The van der Waals surface area contributed by atoms with Crippen molar-refractivity contribution in [1.29, 1.82) is 0 Å². The number of alkyl halides is 3. The van der Waals surface area contributed by atoms with Crippen molar-refractivity contribution >= 4 is 5.91 Å². The number of rotatable bonds is 3. The lowest BCUT2D eigenvalue weighted by atomic mass is 10.0. The molecule has 28 heavy (non-hydrogen) atoms. The van der Waals surface area contributed by atoms with Crippen molar-refractivity contribution in [1.82, 2.24) is 20.0 Å². The standard InChI is InChI=1S/C19H21F3N4O2/c1-12-11-16(27)17(18(28)25(2)13-7-9-23-10-8-13)24-26(12)15-6-4-3-5-14(15)19(20,21)22/h3-6,11,13,23H,7-10H2,1-2H3. The number of carbonyl (C=O) groups is 1. The number of carbonyl (C=O) groups excluding carboxylic acids is 1. The molecule has 1 fully saturated rings. The van der Waals surface area contributed by atoms with E-state index in [2.05, 4.69) is 10.4 Å². The zero-order valence-corrected chi connectivity index (χ0v) is 15.6. The summed E-state index contributed by atoms with van der Waals surface area (Å²) in [7, 11) is 1.59. The van der Waals surface area contributed by atoms with E-state index in [1.165, 1.54) is 30.0 Å². The second-order valence-electron chi connectivity index (χ2n) is 6.82. The van der Waals surface area contributed by atoms with Crippen molar-refractivity contribution in [3.63, 3.8) is 0 Å². The van der Waals surface area contributed by atoms with Gasteiger partial charge in [0.2, 0.25) is 5.43 Å². The number of piperidine rings is 1. The van der Waals surface area contributed by atoms with Crippen molar-refractivity contribution < 1.29 is 18.0 Å². The Labute approximate surface area is 160 Å². The summed E-state index contributed by atoms with van der Waals surface area (Å²) in [6, 6.07) is 6.03. The molecule has 1 aliphatic rings. The van der Waals surface area contributed by atoms with Crippen molar-refractivity contribution in [2.45, 2.75) is 32.0 Å². The van der Waals surface area contributed by atoms with Crippen LogP contribution in [0.15, 0.2) is 35.1 Å². The molecule has 1 aromatic carbocycles. The van der Waals surface area contributed by atoms with Crippen molar-refractivity contribution in [3.05, 3.63) is 57.5 Å². The first-order chi connectivity index (χ1) is 13.2. The first kappa shape index (κ1) is 20.1. The van der Waals surface area contributed by atoms with E-state index in [4.69, 9.17) is 0 Å². The maximum Gasteiger partial charge on any atom is 0.418 e. The molecule has 0 atom stereocenters. The monoisotopic (exact) mass is 394 g/mol. The molecule has 150 valence electrons. The Morgan fingerprint density at radius 2 is 1.89 bits per heavy atom. The van der Waals surface area contributed by atoms with Crippen LogP contribution in [0.2, 0.25) is 0 Å². The lowest BCUT2D eigenvalue weighted by Crippen LogP contribution is -2.45. The molecule has 1 aliphatic heterocycles. The molecule has 1 aromatic heterocycles. The number of para-hydroxylation sites is 1. The van der Waals surface area contributed by atoms with Crippen LogP contribution in [0, 0.1) is 6.92 Å². The number of halogens is 3. The zero-order valence-electron chi connectivity index (χ0n) is 15.6. The van der Waals surface area contributed by atoms with Gasteiger partial charge in [-0.3, -0.25) is 9.59 Å². The zero-order chi connectivity index (χ0) is 20.5. The molecule has 0 aliphatic carbocycles. The van der Waals surface area contributed by atoms with Crippen LogP contribution in [0.3, 0.4) is 0 Å². The fourth-order valence-electron chi connectivity index (χ4n) is 3.36. The van der Waals surface area contributed by atoms with Gasteiger partial charge in [-0.1, -0.05) is 12.1 Å². The van der Waals surface area contributed by atoms with Crippen LogP contribution in [-0.4, -0.2) is 46.8 Å². The molecule has 3 rings (SSSR count). The molecular formula is C19H21F3N4O2. The Morgan fingerprint density at radius 3 is 2.54 bits per heavy atom. The third kappa shape index (κ3) is 3.94. The van der Waals surface area contributed by atoms with E-state index >= 15 is 0 Å².